The number of fused-ring (bicyclic) bond motifs is 1. The Kier molecular flexibility index (Phi) is 6.33. The van der Waals surface area contributed by atoms with Crippen LogP contribution in [0.2, 0.25) is 0 Å². The molecule has 2 aliphatic heterocycles. The van der Waals surface area contributed by atoms with Gasteiger partial charge in [0.1, 0.15) is 18.2 Å². The number of imide groups is 1. The summed E-state index contributed by atoms with van der Waals surface area (Å²) < 4.78 is 17.0. The highest BCUT2D eigenvalue weighted by Crippen LogP contribution is 2.34. The number of amides is 2. The predicted molar refractivity (Wildman–Crippen MR) is 109 cm³/mol. The number of hydrogen-bond acceptors (Lipinski definition) is 8. The van der Waals surface area contributed by atoms with E-state index in [0.717, 1.165) is 17.4 Å². The zero-order chi connectivity index (χ0) is 22.8. The molecule has 2 N–H and O–H groups in total. The van der Waals surface area contributed by atoms with E-state index in [9.17, 15) is 24.6 Å². The van der Waals surface area contributed by atoms with E-state index >= 15 is 0 Å². The number of ether oxygens (including phenoxy) is 3. The van der Waals surface area contributed by atoms with E-state index in [1.54, 1.807) is 12.1 Å². The molecule has 32 heavy (non-hydrogen) atoms. The number of esters is 1. The third-order valence-corrected chi connectivity index (χ3v) is 5.50. The number of aliphatic hydroxyl groups excluding tert-OH is 2. The summed E-state index contributed by atoms with van der Waals surface area (Å²) in [7, 11) is 0. The van der Waals surface area contributed by atoms with Gasteiger partial charge in [-0.3, -0.25) is 19.3 Å². The van der Waals surface area contributed by atoms with Crippen LogP contribution < -0.4 is 0 Å². The van der Waals surface area contributed by atoms with Crippen molar-refractivity contribution >= 4 is 17.8 Å². The van der Waals surface area contributed by atoms with Crippen molar-refractivity contribution in [3.05, 3.63) is 71.3 Å². The first-order valence-electron chi connectivity index (χ1n) is 10.2. The average Bonchev–Trinajstić information content (AvgIpc) is 3.05. The lowest BCUT2D eigenvalue weighted by atomic mass is 9.95. The van der Waals surface area contributed by atoms with Gasteiger partial charge in [-0.25, -0.2) is 0 Å². The van der Waals surface area contributed by atoms with Crippen LogP contribution in [0.5, 0.6) is 0 Å². The molecule has 2 aliphatic rings. The van der Waals surface area contributed by atoms with E-state index < -0.39 is 55.0 Å². The van der Waals surface area contributed by atoms with Crippen LogP contribution in [0.15, 0.2) is 54.6 Å². The number of benzene rings is 2. The Hall–Kier alpha value is -3.11. The molecule has 2 amide bonds. The minimum Gasteiger partial charge on any atom is -0.457 e. The van der Waals surface area contributed by atoms with Crippen molar-refractivity contribution in [1.29, 1.82) is 0 Å². The predicted octanol–water partition coefficient (Wildman–Crippen LogP) is 0.878. The van der Waals surface area contributed by atoms with Gasteiger partial charge in [0.05, 0.1) is 24.3 Å². The molecule has 0 spiro atoms. The SMILES string of the molecule is CC(=O)O[C@H]1[C@H](O)[C@@H](CO)O[C@@H](OCc2ccccc2)[C@@H]1N1C(=O)c2ccccc2C1=O. The minimum atomic E-state index is -1.49. The molecule has 0 bridgehead atoms. The number of nitrogens with zero attached hydrogens (tertiary/aromatic N) is 1. The third kappa shape index (κ3) is 4.03. The van der Waals surface area contributed by atoms with E-state index in [2.05, 4.69) is 0 Å². The summed E-state index contributed by atoms with van der Waals surface area (Å²) in [6, 6.07) is 14.2. The number of hydrogen-bond donors (Lipinski definition) is 2. The maximum atomic E-state index is 13.1. The molecule has 5 atom stereocenters. The van der Waals surface area contributed by atoms with Crippen molar-refractivity contribution in [2.24, 2.45) is 0 Å². The molecule has 1 saturated heterocycles. The maximum absolute atomic E-state index is 13.1. The van der Waals surface area contributed by atoms with E-state index in [1.165, 1.54) is 12.1 Å². The molecule has 0 unspecified atom stereocenters. The summed E-state index contributed by atoms with van der Waals surface area (Å²) in [4.78, 5) is 39.0. The molecule has 2 aromatic rings. The third-order valence-electron chi connectivity index (χ3n) is 5.50. The normalized spacial score (nSPS) is 27.3. The van der Waals surface area contributed by atoms with Gasteiger partial charge in [0.25, 0.3) is 11.8 Å². The van der Waals surface area contributed by atoms with Crippen LogP contribution in [0.3, 0.4) is 0 Å². The zero-order valence-corrected chi connectivity index (χ0v) is 17.3. The summed E-state index contributed by atoms with van der Waals surface area (Å²) in [5, 5.41) is 20.4. The lowest BCUT2D eigenvalue weighted by molar-refractivity contribution is -0.285. The summed E-state index contributed by atoms with van der Waals surface area (Å²) in [5.41, 5.74) is 1.19. The van der Waals surface area contributed by atoms with Gasteiger partial charge in [-0.2, -0.15) is 0 Å². The number of aliphatic hydroxyl groups is 2. The number of carbonyl (C=O) groups is 3. The van der Waals surface area contributed by atoms with Gasteiger partial charge >= 0.3 is 5.97 Å². The minimum absolute atomic E-state index is 0.0617. The molecule has 4 rings (SSSR count). The van der Waals surface area contributed by atoms with Crippen LogP contribution in [0.25, 0.3) is 0 Å². The van der Waals surface area contributed by atoms with Gasteiger partial charge in [-0.05, 0) is 17.7 Å². The van der Waals surface area contributed by atoms with E-state index in [4.69, 9.17) is 14.2 Å². The highest BCUT2D eigenvalue weighted by molar-refractivity contribution is 6.21. The molecule has 168 valence electrons. The molecule has 2 heterocycles. The monoisotopic (exact) mass is 441 g/mol. The van der Waals surface area contributed by atoms with Crippen LogP contribution in [0.4, 0.5) is 0 Å². The van der Waals surface area contributed by atoms with Gasteiger partial charge in [-0.1, -0.05) is 42.5 Å². The molecule has 0 aromatic heterocycles. The lowest BCUT2D eigenvalue weighted by Crippen LogP contribution is -2.66. The summed E-state index contributed by atoms with van der Waals surface area (Å²) in [6.07, 6.45) is -5.26. The molecule has 2 aromatic carbocycles. The van der Waals surface area contributed by atoms with Gasteiger partial charge < -0.3 is 24.4 Å². The fourth-order valence-corrected chi connectivity index (χ4v) is 4.02. The molecule has 0 radical (unpaired) electrons. The van der Waals surface area contributed by atoms with Crippen LogP contribution in [-0.2, 0) is 25.6 Å². The first-order chi connectivity index (χ1) is 15.4. The molecule has 0 aliphatic carbocycles. The Bertz CT molecular complexity index is 975. The Morgan fingerprint density at radius 3 is 2.19 bits per heavy atom. The Labute approximate surface area is 184 Å². The van der Waals surface area contributed by atoms with Crippen molar-refractivity contribution in [2.75, 3.05) is 6.61 Å². The fourth-order valence-electron chi connectivity index (χ4n) is 4.02. The van der Waals surface area contributed by atoms with Gasteiger partial charge in [0, 0.05) is 6.92 Å². The molecular weight excluding hydrogens is 418 g/mol. The highest BCUT2D eigenvalue weighted by atomic mass is 16.7. The lowest BCUT2D eigenvalue weighted by Gasteiger charge is -2.46. The highest BCUT2D eigenvalue weighted by Gasteiger charge is 2.55. The van der Waals surface area contributed by atoms with Crippen LogP contribution in [-0.4, -0.2) is 70.1 Å². The number of carbonyl (C=O) groups excluding carboxylic acids is 3. The van der Waals surface area contributed by atoms with Gasteiger partial charge in [0.15, 0.2) is 12.4 Å². The van der Waals surface area contributed by atoms with Crippen molar-refractivity contribution in [3.8, 4) is 0 Å². The smallest absolute Gasteiger partial charge is 0.303 e. The molecule has 1 fully saturated rings. The van der Waals surface area contributed by atoms with Crippen molar-refractivity contribution < 1.29 is 38.8 Å². The summed E-state index contributed by atoms with van der Waals surface area (Å²) in [5.74, 6) is -1.95. The van der Waals surface area contributed by atoms with Crippen molar-refractivity contribution in [3.63, 3.8) is 0 Å². The second-order valence-electron chi connectivity index (χ2n) is 7.60. The van der Waals surface area contributed by atoms with E-state index in [-0.39, 0.29) is 17.7 Å². The van der Waals surface area contributed by atoms with Crippen LogP contribution in [0.1, 0.15) is 33.2 Å². The number of rotatable bonds is 6. The zero-order valence-electron chi connectivity index (χ0n) is 17.3. The molecular formula is C23H23NO8. The molecule has 0 saturated carbocycles. The molecule has 9 nitrogen and oxygen atoms in total. The Morgan fingerprint density at radius 1 is 1.03 bits per heavy atom. The van der Waals surface area contributed by atoms with Crippen LogP contribution >= 0.6 is 0 Å². The molecule has 9 heteroatoms. The van der Waals surface area contributed by atoms with Crippen molar-refractivity contribution in [2.45, 2.75) is 44.2 Å². The first kappa shape index (κ1) is 22.1. The summed E-state index contributed by atoms with van der Waals surface area (Å²) >= 11 is 0. The van der Waals surface area contributed by atoms with E-state index in [0.29, 0.717) is 0 Å². The van der Waals surface area contributed by atoms with Crippen LogP contribution in [0, 0.1) is 0 Å². The van der Waals surface area contributed by atoms with Gasteiger partial charge in [-0.15, -0.1) is 0 Å². The second-order valence-corrected chi connectivity index (χ2v) is 7.60. The average molecular weight is 441 g/mol. The second kappa shape index (κ2) is 9.17. The van der Waals surface area contributed by atoms with Crippen molar-refractivity contribution in [1.82, 2.24) is 4.90 Å². The first-order valence-corrected chi connectivity index (χ1v) is 10.2. The standard InChI is InChI=1S/C23H23NO8/c1-13(26)31-20-18(24-21(28)15-9-5-6-10-16(15)22(24)29)23(32-17(11-25)19(20)27)30-12-14-7-3-2-4-8-14/h2-10,17-20,23,25,27H,11-12H2,1H3/t17-,18-,19-,20-,23-/m1/s1. The van der Waals surface area contributed by atoms with Gasteiger partial charge in [0.2, 0.25) is 0 Å². The maximum Gasteiger partial charge on any atom is 0.303 e. The quantitative estimate of drug-likeness (QED) is 0.500. The largest absolute Gasteiger partial charge is 0.457 e. The topological polar surface area (TPSA) is 123 Å². The Morgan fingerprint density at radius 2 is 1.62 bits per heavy atom. The fraction of sp³-hybridized carbons (Fsp3) is 0.348. The Balaban J connectivity index is 1.71. The summed E-state index contributed by atoms with van der Waals surface area (Å²) in [6.45, 7) is 0.626. The van der Waals surface area contributed by atoms with E-state index in [1.807, 2.05) is 30.3 Å².